The zero-order chi connectivity index (χ0) is 18.9. The van der Waals surface area contributed by atoms with E-state index in [1.807, 2.05) is 0 Å². The van der Waals surface area contributed by atoms with Gasteiger partial charge >= 0.3 is 6.18 Å². The van der Waals surface area contributed by atoms with Gasteiger partial charge in [-0.05, 0) is 24.3 Å². The standard InChI is InChI=1S/C15H10F3N5O3/c16-15(17,18)10-3-6-12-20-21-13(22(12)8-10)7-19-14(24)9-1-4-11(5-2-9)23(25)26/h1-6,8H,7H2,(H,19,24). The van der Waals surface area contributed by atoms with Crippen molar-refractivity contribution in [3.05, 3.63) is 69.7 Å². The molecule has 1 aromatic carbocycles. The zero-order valence-corrected chi connectivity index (χ0v) is 12.9. The quantitative estimate of drug-likeness (QED) is 0.565. The minimum Gasteiger partial charge on any atom is -0.345 e. The average molecular weight is 365 g/mol. The maximum absolute atomic E-state index is 12.8. The van der Waals surface area contributed by atoms with E-state index in [1.165, 1.54) is 30.3 Å². The molecule has 8 nitrogen and oxygen atoms in total. The Morgan fingerprint density at radius 1 is 1.15 bits per heavy atom. The van der Waals surface area contributed by atoms with Crippen LogP contribution in [0.5, 0.6) is 0 Å². The second kappa shape index (κ2) is 6.43. The molecular weight excluding hydrogens is 355 g/mol. The van der Waals surface area contributed by atoms with Crippen LogP contribution in [0.1, 0.15) is 21.7 Å². The van der Waals surface area contributed by atoms with Crippen LogP contribution in [-0.2, 0) is 12.7 Å². The summed E-state index contributed by atoms with van der Waals surface area (Å²) in [5, 5.41) is 20.6. The van der Waals surface area contributed by atoms with Crippen LogP contribution in [0, 0.1) is 10.1 Å². The number of pyridine rings is 1. The topological polar surface area (TPSA) is 102 Å². The molecular formula is C15H10F3N5O3. The van der Waals surface area contributed by atoms with Gasteiger partial charge in [0.05, 0.1) is 17.0 Å². The summed E-state index contributed by atoms with van der Waals surface area (Å²) in [5.41, 5.74) is -0.657. The van der Waals surface area contributed by atoms with E-state index in [0.29, 0.717) is 0 Å². The Hall–Kier alpha value is -3.50. The first-order chi connectivity index (χ1) is 12.3. The zero-order valence-electron chi connectivity index (χ0n) is 12.9. The maximum atomic E-state index is 12.8. The molecule has 0 aliphatic heterocycles. The smallest absolute Gasteiger partial charge is 0.345 e. The van der Waals surface area contributed by atoms with Crippen molar-refractivity contribution < 1.29 is 22.9 Å². The Balaban J connectivity index is 1.76. The van der Waals surface area contributed by atoms with Gasteiger partial charge < -0.3 is 5.32 Å². The minimum absolute atomic E-state index is 0.112. The molecule has 0 atom stereocenters. The molecule has 0 aliphatic rings. The number of carbonyl (C=O) groups is 1. The number of hydrogen-bond donors (Lipinski definition) is 1. The Labute approximate surface area is 143 Å². The van der Waals surface area contributed by atoms with Crippen molar-refractivity contribution in [2.24, 2.45) is 0 Å². The Bertz CT molecular complexity index is 982. The van der Waals surface area contributed by atoms with E-state index in [-0.39, 0.29) is 29.3 Å². The molecule has 0 bridgehead atoms. The highest BCUT2D eigenvalue weighted by atomic mass is 19.4. The lowest BCUT2D eigenvalue weighted by atomic mass is 10.2. The minimum atomic E-state index is -4.52. The van der Waals surface area contributed by atoms with Crippen LogP contribution in [0.4, 0.5) is 18.9 Å². The Morgan fingerprint density at radius 3 is 2.46 bits per heavy atom. The van der Waals surface area contributed by atoms with Gasteiger partial charge in [0.15, 0.2) is 11.5 Å². The summed E-state index contributed by atoms with van der Waals surface area (Å²) in [6, 6.07) is 6.98. The lowest BCUT2D eigenvalue weighted by Gasteiger charge is -2.08. The van der Waals surface area contributed by atoms with E-state index < -0.39 is 22.6 Å². The average Bonchev–Trinajstić information content (AvgIpc) is 3.01. The van der Waals surface area contributed by atoms with E-state index in [4.69, 9.17) is 0 Å². The number of nitro benzene ring substituents is 1. The molecule has 11 heteroatoms. The van der Waals surface area contributed by atoms with Crippen molar-refractivity contribution in [1.82, 2.24) is 19.9 Å². The van der Waals surface area contributed by atoms with Gasteiger partial charge in [-0.1, -0.05) is 0 Å². The maximum Gasteiger partial charge on any atom is 0.417 e. The van der Waals surface area contributed by atoms with Crippen LogP contribution in [0.3, 0.4) is 0 Å². The number of benzene rings is 1. The number of aromatic nitrogens is 3. The van der Waals surface area contributed by atoms with E-state index in [1.54, 1.807) is 0 Å². The molecule has 3 aromatic rings. The number of carbonyl (C=O) groups excluding carboxylic acids is 1. The monoisotopic (exact) mass is 365 g/mol. The van der Waals surface area contributed by atoms with Gasteiger partial charge in [-0.25, -0.2) is 0 Å². The van der Waals surface area contributed by atoms with Crippen molar-refractivity contribution in [3.8, 4) is 0 Å². The van der Waals surface area contributed by atoms with E-state index in [9.17, 15) is 28.1 Å². The molecule has 2 heterocycles. The predicted octanol–water partition coefficient (Wildman–Crippen LogP) is 2.59. The first-order valence-electron chi connectivity index (χ1n) is 7.19. The Morgan fingerprint density at radius 2 is 1.85 bits per heavy atom. The number of nitro groups is 1. The molecule has 0 fully saturated rings. The number of nitrogens with one attached hydrogen (secondary N) is 1. The summed E-state index contributed by atoms with van der Waals surface area (Å²) in [5.74, 6) is -0.440. The molecule has 0 saturated carbocycles. The molecule has 3 rings (SSSR count). The molecule has 0 radical (unpaired) electrons. The van der Waals surface area contributed by atoms with Gasteiger partial charge in [0, 0.05) is 23.9 Å². The van der Waals surface area contributed by atoms with Gasteiger partial charge in [0.2, 0.25) is 0 Å². The fourth-order valence-electron chi connectivity index (χ4n) is 2.22. The third kappa shape index (κ3) is 3.45. The number of halogens is 3. The van der Waals surface area contributed by atoms with Gasteiger partial charge in [-0.2, -0.15) is 13.2 Å². The highest BCUT2D eigenvalue weighted by molar-refractivity contribution is 5.94. The summed E-state index contributed by atoms with van der Waals surface area (Å²) in [6.45, 7) is -0.168. The number of alkyl halides is 3. The first-order valence-corrected chi connectivity index (χ1v) is 7.19. The lowest BCUT2D eigenvalue weighted by molar-refractivity contribution is -0.384. The number of rotatable bonds is 4. The summed E-state index contributed by atoms with van der Waals surface area (Å²) in [7, 11) is 0. The summed E-state index contributed by atoms with van der Waals surface area (Å²) < 4.78 is 39.6. The SMILES string of the molecule is O=C(NCc1nnc2ccc(C(F)(F)F)cn12)c1ccc([N+](=O)[O-])cc1. The van der Waals surface area contributed by atoms with Crippen LogP contribution < -0.4 is 5.32 Å². The van der Waals surface area contributed by atoms with Gasteiger partial charge in [0.25, 0.3) is 11.6 Å². The number of non-ortho nitro benzene ring substituents is 1. The van der Waals surface area contributed by atoms with Gasteiger partial charge in [-0.3, -0.25) is 19.3 Å². The third-order valence-electron chi connectivity index (χ3n) is 3.55. The molecule has 134 valence electrons. The van der Waals surface area contributed by atoms with Crippen LogP contribution in [-0.4, -0.2) is 25.4 Å². The highest BCUT2D eigenvalue weighted by Gasteiger charge is 2.31. The van der Waals surface area contributed by atoms with Crippen molar-refractivity contribution in [1.29, 1.82) is 0 Å². The number of amides is 1. The molecule has 26 heavy (non-hydrogen) atoms. The summed E-state index contributed by atoms with van der Waals surface area (Å²) in [4.78, 5) is 22.1. The van der Waals surface area contributed by atoms with Crippen molar-refractivity contribution in [3.63, 3.8) is 0 Å². The molecule has 0 saturated heterocycles. The van der Waals surface area contributed by atoms with Crippen LogP contribution >= 0.6 is 0 Å². The summed E-state index contributed by atoms with van der Waals surface area (Å²) in [6.07, 6.45) is -3.67. The number of fused-ring (bicyclic) bond motifs is 1. The number of hydrogen-bond acceptors (Lipinski definition) is 5. The van der Waals surface area contributed by atoms with Gasteiger partial charge in [0.1, 0.15) is 0 Å². The fraction of sp³-hybridized carbons (Fsp3) is 0.133. The molecule has 0 unspecified atom stereocenters. The normalized spacial score (nSPS) is 11.5. The van der Waals surface area contributed by atoms with E-state index in [0.717, 1.165) is 16.7 Å². The molecule has 1 N–H and O–H groups in total. The molecule has 2 aromatic heterocycles. The second-order valence-electron chi connectivity index (χ2n) is 5.25. The van der Waals surface area contributed by atoms with Crippen LogP contribution in [0.2, 0.25) is 0 Å². The van der Waals surface area contributed by atoms with Crippen molar-refractivity contribution in [2.45, 2.75) is 12.7 Å². The number of nitrogens with zero attached hydrogens (tertiary/aromatic N) is 4. The third-order valence-corrected chi connectivity index (χ3v) is 3.55. The fourth-order valence-corrected chi connectivity index (χ4v) is 2.22. The highest BCUT2D eigenvalue weighted by Crippen LogP contribution is 2.29. The first kappa shape index (κ1) is 17.3. The van der Waals surface area contributed by atoms with E-state index >= 15 is 0 Å². The van der Waals surface area contributed by atoms with Crippen LogP contribution in [0.25, 0.3) is 5.65 Å². The largest absolute Gasteiger partial charge is 0.417 e. The predicted molar refractivity (Wildman–Crippen MR) is 82.3 cm³/mol. The van der Waals surface area contributed by atoms with Crippen molar-refractivity contribution >= 4 is 17.2 Å². The Kier molecular flexibility index (Phi) is 4.28. The van der Waals surface area contributed by atoms with Crippen LogP contribution in [0.15, 0.2) is 42.6 Å². The molecule has 0 aliphatic carbocycles. The summed E-state index contributed by atoms with van der Waals surface area (Å²) >= 11 is 0. The molecule has 1 amide bonds. The molecule has 0 spiro atoms. The lowest BCUT2D eigenvalue weighted by Crippen LogP contribution is -2.24. The van der Waals surface area contributed by atoms with E-state index in [2.05, 4.69) is 15.5 Å². The van der Waals surface area contributed by atoms with Crippen molar-refractivity contribution in [2.75, 3.05) is 0 Å². The van der Waals surface area contributed by atoms with Gasteiger partial charge in [-0.15, -0.1) is 10.2 Å². The second-order valence-corrected chi connectivity index (χ2v) is 5.25.